The summed E-state index contributed by atoms with van der Waals surface area (Å²) in [4.78, 5) is 35.0. The monoisotopic (exact) mass is 454 g/mol. The van der Waals surface area contributed by atoms with Gasteiger partial charge in [0.25, 0.3) is 0 Å². The molecule has 1 atom stereocenters. The molecule has 0 aliphatic rings. The lowest BCUT2D eigenvalue weighted by Gasteiger charge is -2.10. The molecule has 1 heterocycles. The molecule has 32 heavy (non-hydrogen) atoms. The van der Waals surface area contributed by atoms with Crippen LogP contribution in [0, 0.1) is 6.92 Å². The van der Waals surface area contributed by atoms with E-state index in [1.807, 2.05) is 13.0 Å². The molecule has 3 rings (SSSR count). The van der Waals surface area contributed by atoms with Gasteiger partial charge in [-0.2, -0.15) is 15.0 Å². The maximum atomic E-state index is 11.7. The third-order valence-electron chi connectivity index (χ3n) is 4.56. The number of nitrogen functional groups attached to an aromatic ring is 1. The first kappa shape index (κ1) is 23.1. The van der Waals surface area contributed by atoms with Gasteiger partial charge in [0, 0.05) is 22.7 Å². The standard InChI is InChI=1S/C22H23ClN6O3/c1-13-2-5-15(23)10-18(13)20-27-21(25)29-22(28-20)26-17-7-3-14(4-8-17)12-32-19(31)9-6-16(24)11-30/h2-5,7-8,10-11,16H,6,9,12,24H2,1H3,(H3,25,26,27,28,29)/t16-/m0/s1. The minimum absolute atomic E-state index is 0.0784. The maximum absolute atomic E-state index is 11.7. The first-order chi connectivity index (χ1) is 15.3. The molecule has 1 aromatic heterocycles. The van der Waals surface area contributed by atoms with Crippen molar-refractivity contribution in [2.75, 3.05) is 11.1 Å². The van der Waals surface area contributed by atoms with E-state index in [0.29, 0.717) is 17.1 Å². The van der Waals surface area contributed by atoms with Crippen LogP contribution in [0.5, 0.6) is 0 Å². The summed E-state index contributed by atoms with van der Waals surface area (Å²) in [6.07, 6.45) is 0.962. The van der Waals surface area contributed by atoms with E-state index in [9.17, 15) is 9.59 Å². The van der Waals surface area contributed by atoms with Gasteiger partial charge in [-0.3, -0.25) is 4.79 Å². The Labute approximate surface area is 190 Å². The Morgan fingerprint density at radius 1 is 1.19 bits per heavy atom. The van der Waals surface area contributed by atoms with Crippen LogP contribution in [-0.4, -0.2) is 33.2 Å². The number of aromatic nitrogens is 3. The summed E-state index contributed by atoms with van der Waals surface area (Å²) in [5.41, 5.74) is 14.6. The van der Waals surface area contributed by atoms with Crippen molar-refractivity contribution < 1.29 is 14.3 Å². The van der Waals surface area contributed by atoms with Crippen LogP contribution >= 0.6 is 11.6 Å². The van der Waals surface area contributed by atoms with E-state index in [1.54, 1.807) is 36.4 Å². The highest BCUT2D eigenvalue weighted by atomic mass is 35.5. The van der Waals surface area contributed by atoms with Crippen LogP contribution in [0.25, 0.3) is 11.4 Å². The molecular formula is C22H23ClN6O3. The Balaban J connectivity index is 1.64. The van der Waals surface area contributed by atoms with Crippen LogP contribution in [-0.2, 0) is 20.9 Å². The van der Waals surface area contributed by atoms with Crippen molar-refractivity contribution in [3.8, 4) is 11.4 Å². The van der Waals surface area contributed by atoms with E-state index in [1.165, 1.54) is 0 Å². The lowest BCUT2D eigenvalue weighted by molar-refractivity contribution is -0.145. The highest BCUT2D eigenvalue weighted by Gasteiger charge is 2.11. The predicted octanol–water partition coefficient (Wildman–Crippen LogP) is 3.18. The lowest BCUT2D eigenvalue weighted by atomic mass is 10.1. The fraction of sp³-hybridized carbons (Fsp3) is 0.227. The van der Waals surface area contributed by atoms with Gasteiger partial charge in [-0.05, 0) is 48.7 Å². The molecule has 166 valence electrons. The lowest BCUT2D eigenvalue weighted by Crippen LogP contribution is -2.22. The number of nitrogens with one attached hydrogen (secondary N) is 1. The van der Waals surface area contributed by atoms with Crippen molar-refractivity contribution in [1.82, 2.24) is 15.0 Å². The quantitative estimate of drug-likeness (QED) is 0.327. The number of aryl methyl sites for hydroxylation is 1. The Kier molecular flexibility index (Phi) is 7.69. The normalized spacial score (nSPS) is 11.6. The Morgan fingerprint density at radius 2 is 1.94 bits per heavy atom. The van der Waals surface area contributed by atoms with Gasteiger partial charge in [0.1, 0.15) is 12.9 Å². The molecule has 0 aliphatic carbocycles. The average molecular weight is 455 g/mol. The van der Waals surface area contributed by atoms with Gasteiger partial charge in [0.05, 0.1) is 6.04 Å². The van der Waals surface area contributed by atoms with Crippen LogP contribution in [0.2, 0.25) is 5.02 Å². The molecule has 0 aliphatic heterocycles. The third-order valence-corrected chi connectivity index (χ3v) is 4.79. The Hall–Kier alpha value is -3.56. The number of halogens is 1. The van der Waals surface area contributed by atoms with Gasteiger partial charge in [-0.25, -0.2) is 0 Å². The second kappa shape index (κ2) is 10.7. The number of benzene rings is 2. The zero-order chi connectivity index (χ0) is 23.1. The van der Waals surface area contributed by atoms with Crippen molar-refractivity contribution in [1.29, 1.82) is 0 Å². The van der Waals surface area contributed by atoms with E-state index in [0.717, 1.165) is 22.4 Å². The number of rotatable bonds is 9. The zero-order valence-corrected chi connectivity index (χ0v) is 18.2. The number of hydrogen-bond donors (Lipinski definition) is 3. The van der Waals surface area contributed by atoms with Crippen LogP contribution in [0.1, 0.15) is 24.0 Å². The first-order valence-corrected chi connectivity index (χ1v) is 10.2. The van der Waals surface area contributed by atoms with Crippen molar-refractivity contribution in [2.45, 2.75) is 32.4 Å². The number of carbonyl (C=O) groups is 2. The Morgan fingerprint density at radius 3 is 2.66 bits per heavy atom. The first-order valence-electron chi connectivity index (χ1n) is 9.84. The molecule has 0 spiro atoms. The second-order valence-corrected chi connectivity index (χ2v) is 7.56. The van der Waals surface area contributed by atoms with Crippen LogP contribution in [0.4, 0.5) is 17.6 Å². The molecule has 0 amide bonds. The van der Waals surface area contributed by atoms with Crippen molar-refractivity contribution >= 4 is 41.4 Å². The molecule has 0 unspecified atom stereocenters. The van der Waals surface area contributed by atoms with Gasteiger partial charge in [-0.1, -0.05) is 29.8 Å². The van der Waals surface area contributed by atoms with Crippen molar-refractivity contribution in [2.24, 2.45) is 5.73 Å². The van der Waals surface area contributed by atoms with Crippen molar-refractivity contribution in [3.63, 3.8) is 0 Å². The summed E-state index contributed by atoms with van der Waals surface area (Å²) in [5, 5.41) is 3.66. The summed E-state index contributed by atoms with van der Waals surface area (Å²) in [5.74, 6) is 0.374. The zero-order valence-electron chi connectivity index (χ0n) is 17.4. The summed E-state index contributed by atoms with van der Waals surface area (Å²) in [7, 11) is 0. The summed E-state index contributed by atoms with van der Waals surface area (Å²) in [6, 6.07) is 12.0. The molecule has 5 N–H and O–H groups in total. The molecule has 0 radical (unpaired) electrons. The molecule has 3 aromatic rings. The maximum Gasteiger partial charge on any atom is 0.306 e. The smallest absolute Gasteiger partial charge is 0.306 e. The fourth-order valence-electron chi connectivity index (χ4n) is 2.81. The largest absolute Gasteiger partial charge is 0.461 e. The molecule has 2 aromatic carbocycles. The van der Waals surface area contributed by atoms with Gasteiger partial charge in [0.15, 0.2) is 5.82 Å². The second-order valence-electron chi connectivity index (χ2n) is 7.12. The number of esters is 1. The number of ether oxygens (including phenoxy) is 1. The van der Waals surface area contributed by atoms with E-state index in [4.69, 9.17) is 27.8 Å². The van der Waals surface area contributed by atoms with Gasteiger partial charge in [-0.15, -0.1) is 0 Å². The number of carbonyl (C=O) groups excluding carboxylic acids is 2. The van der Waals surface area contributed by atoms with Crippen LogP contribution < -0.4 is 16.8 Å². The highest BCUT2D eigenvalue weighted by molar-refractivity contribution is 6.30. The summed E-state index contributed by atoms with van der Waals surface area (Å²) >= 11 is 6.11. The molecule has 0 saturated carbocycles. The number of hydrogen-bond acceptors (Lipinski definition) is 9. The molecular weight excluding hydrogens is 432 g/mol. The van der Waals surface area contributed by atoms with E-state index in [2.05, 4.69) is 20.3 Å². The molecule has 0 bridgehead atoms. The van der Waals surface area contributed by atoms with E-state index < -0.39 is 12.0 Å². The van der Waals surface area contributed by atoms with Gasteiger partial charge in [0.2, 0.25) is 11.9 Å². The van der Waals surface area contributed by atoms with E-state index in [-0.39, 0.29) is 31.3 Å². The summed E-state index contributed by atoms with van der Waals surface area (Å²) < 4.78 is 5.19. The number of nitrogens with two attached hydrogens (primary N) is 2. The average Bonchev–Trinajstić information content (AvgIpc) is 2.78. The number of nitrogens with zero attached hydrogens (tertiary/aromatic N) is 3. The minimum atomic E-state index is -0.652. The third kappa shape index (κ3) is 6.47. The highest BCUT2D eigenvalue weighted by Crippen LogP contribution is 2.25. The molecule has 0 saturated heterocycles. The minimum Gasteiger partial charge on any atom is -0.461 e. The van der Waals surface area contributed by atoms with Crippen molar-refractivity contribution in [3.05, 3.63) is 58.6 Å². The Bertz CT molecular complexity index is 1110. The molecule has 9 nitrogen and oxygen atoms in total. The SMILES string of the molecule is Cc1ccc(Cl)cc1-c1nc(N)nc(Nc2ccc(COC(=O)CC[C@H](N)C=O)cc2)n1. The predicted molar refractivity (Wildman–Crippen MR) is 122 cm³/mol. The molecule has 0 fully saturated rings. The number of aldehydes is 1. The summed E-state index contributed by atoms with van der Waals surface area (Å²) in [6.45, 7) is 2.05. The van der Waals surface area contributed by atoms with Crippen LogP contribution in [0.15, 0.2) is 42.5 Å². The number of anilines is 3. The van der Waals surface area contributed by atoms with Gasteiger partial charge >= 0.3 is 5.97 Å². The topological polar surface area (TPSA) is 146 Å². The fourth-order valence-corrected chi connectivity index (χ4v) is 2.98. The van der Waals surface area contributed by atoms with Gasteiger partial charge < -0.3 is 26.3 Å². The van der Waals surface area contributed by atoms with Crippen LogP contribution in [0.3, 0.4) is 0 Å². The van der Waals surface area contributed by atoms with E-state index >= 15 is 0 Å². The molecule has 10 heteroatoms.